The van der Waals surface area contributed by atoms with Gasteiger partial charge in [0.1, 0.15) is 0 Å². The van der Waals surface area contributed by atoms with Gasteiger partial charge in [0.25, 0.3) is 0 Å². The van der Waals surface area contributed by atoms with Crippen LogP contribution < -0.4 is 10.6 Å². The number of rotatable bonds is 5. The average Bonchev–Trinajstić information content (AvgIpc) is 2.89. The minimum Gasteiger partial charge on any atom is -0.379 e. The van der Waals surface area contributed by atoms with Crippen LogP contribution in [-0.4, -0.2) is 49.8 Å². The molecule has 0 aromatic carbocycles. The largest absolute Gasteiger partial charge is 0.379 e. The van der Waals surface area contributed by atoms with Crippen LogP contribution >= 0.6 is 11.3 Å². The Balaban J connectivity index is 1.65. The third-order valence-electron chi connectivity index (χ3n) is 3.60. The Labute approximate surface area is 124 Å². The molecule has 5 nitrogen and oxygen atoms in total. The van der Waals surface area contributed by atoms with Crippen LogP contribution in [0, 0.1) is 6.92 Å². The molecule has 1 unspecified atom stereocenters. The molecular formula is C14H23N3O2S. The quantitative estimate of drug-likeness (QED) is 0.867. The van der Waals surface area contributed by atoms with E-state index in [0.29, 0.717) is 19.1 Å². The van der Waals surface area contributed by atoms with Gasteiger partial charge in [-0.05, 0) is 30.9 Å². The molecule has 1 aliphatic heterocycles. The highest BCUT2D eigenvalue weighted by molar-refractivity contribution is 7.10. The fourth-order valence-corrected chi connectivity index (χ4v) is 3.04. The summed E-state index contributed by atoms with van der Waals surface area (Å²) in [5.74, 6) is 0. The zero-order chi connectivity index (χ0) is 14.4. The Bertz CT molecular complexity index is 430. The van der Waals surface area contributed by atoms with E-state index in [-0.39, 0.29) is 6.03 Å². The molecule has 1 aliphatic rings. The monoisotopic (exact) mass is 297 g/mol. The van der Waals surface area contributed by atoms with Crippen LogP contribution in [0.5, 0.6) is 0 Å². The van der Waals surface area contributed by atoms with Crippen molar-refractivity contribution in [2.75, 3.05) is 32.8 Å². The van der Waals surface area contributed by atoms with Gasteiger partial charge in [0.05, 0.1) is 19.8 Å². The molecule has 1 atom stereocenters. The molecule has 2 N–H and O–H groups in total. The fraction of sp³-hybridized carbons (Fsp3) is 0.643. The van der Waals surface area contributed by atoms with Crippen molar-refractivity contribution in [1.29, 1.82) is 0 Å². The smallest absolute Gasteiger partial charge is 0.315 e. The molecule has 0 spiro atoms. The van der Waals surface area contributed by atoms with Crippen LogP contribution in [0.15, 0.2) is 11.4 Å². The highest BCUT2D eigenvalue weighted by Crippen LogP contribution is 2.14. The van der Waals surface area contributed by atoms with Crippen molar-refractivity contribution in [3.63, 3.8) is 0 Å². The third-order valence-corrected chi connectivity index (χ3v) is 4.63. The van der Waals surface area contributed by atoms with E-state index in [1.165, 1.54) is 10.4 Å². The van der Waals surface area contributed by atoms with Crippen molar-refractivity contribution in [2.45, 2.75) is 26.4 Å². The topological polar surface area (TPSA) is 53.6 Å². The maximum absolute atomic E-state index is 11.8. The lowest BCUT2D eigenvalue weighted by molar-refractivity contribution is 0.0209. The van der Waals surface area contributed by atoms with Crippen molar-refractivity contribution in [2.24, 2.45) is 0 Å². The van der Waals surface area contributed by atoms with Crippen LogP contribution in [0.2, 0.25) is 0 Å². The second-order valence-electron chi connectivity index (χ2n) is 5.09. The van der Waals surface area contributed by atoms with Crippen LogP contribution in [-0.2, 0) is 11.3 Å². The third kappa shape index (κ3) is 4.47. The van der Waals surface area contributed by atoms with Crippen molar-refractivity contribution >= 4 is 17.4 Å². The van der Waals surface area contributed by atoms with Crippen molar-refractivity contribution in [3.05, 3.63) is 21.9 Å². The molecule has 1 fully saturated rings. The van der Waals surface area contributed by atoms with Gasteiger partial charge in [-0.15, -0.1) is 11.3 Å². The Morgan fingerprint density at radius 1 is 1.45 bits per heavy atom. The highest BCUT2D eigenvalue weighted by Gasteiger charge is 2.17. The lowest BCUT2D eigenvalue weighted by atomic mass is 10.2. The predicted octanol–water partition coefficient (Wildman–Crippen LogP) is 1.58. The summed E-state index contributed by atoms with van der Waals surface area (Å²) >= 11 is 1.67. The summed E-state index contributed by atoms with van der Waals surface area (Å²) in [6.45, 7) is 8.91. The number of carbonyl (C=O) groups is 1. The zero-order valence-corrected chi connectivity index (χ0v) is 13.0. The summed E-state index contributed by atoms with van der Waals surface area (Å²) < 4.78 is 5.33. The van der Waals surface area contributed by atoms with E-state index in [1.807, 2.05) is 5.38 Å². The maximum Gasteiger partial charge on any atom is 0.315 e. The van der Waals surface area contributed by atoms with Gasteiger partial charge in [-0.3, -0.25) is 4.90 Å². The fourth-order valence-electron chi connectivity index (χ4n) is 2.20. The summed E-state index contributed by atoms with van der Waals surface area (Å²) in [6.07, 6.45) is 0. The molecule has 6 heteroatoms. The van der Waals surface area contributed by atoms with Gasteiger partial charge < -0.3 is 15.4 Å². The van der Waals surface area contributed by atoms with Gasteiger partial charge in [0, 0.05) is 30.6 Å². The SMILES string of the molecule is Cc1ccsc1CNC(=O)NCC(C)N1CCOCC1. The normalized spacial score (nSPS) is 17.7. The Hall–Kier alpha value is -1.11. The number of nitrogens with zero attached hydrogens (tertiary/aromatic N) is 1. The van der Waals surface area contributed by atoms with Crippen molar-refractivity contribution in [3.8, 4) is 0 Å². The number of urea groups is 1. The number of aryl methyl sites for hydroxylation is 1. The number of amides is 2. The van der Waals surface area contributed by atoms with Crippen LogP contribution in [0.4, 0.5) is 4.79 Å². The number of thiophene rings is 1. The summed E-state index contributed by atoms with van der Waals surface area (Å²) in [6, 6.07) is 2.31. The van der Waals surface area contributed by atoms with Gasteiger partial charge in [-0.1, -0.05) is 0 Å². The van der Waals surface area contributed by atoms with Gasteiger partial charge in [0.2, 0.25) is 0 Å². The van der Waals surface area contributed by atoms with Gasteiger partial charge in [-0.2, -0.15) is 0 Å². The van der Waals surface area contributed by atoms with E-state index in [9.17, 15) is 4.79 Å². The molecule has 2 heterocycles. The number of carbonyl (C=O) groups excluding carboxylic acids is 1. The molecule has 0 bridgehead atoms. The van der Waals surface area contributed by atoms with Crippen molar-refractivity contribution in [1.82, 2.24) is 15.5 Å². The van der Waals surface area contributed by atoms with E-state index in [4.69, 9.17) is 4.74 Å². The Kier molecular flexibility index (Phi) is 5.82. The highest BCUT2D eigenvalue weighted by atomic mass is 32.1. The van der Waals surface area contributed by atoms with Crippen LogP contribution in [0.3, 0.4) is 0 Å². The van der Waals surface area contributed by atoms with Gasteiger partial charge in [0.15, 0.2) is 0 Å². The molecule has 2 rings (SSSR count). The maximum atomic E-state index is 11.8. The first-order valence-electron chi connectivity index (χ1n) is 7.03. The lowest BCUT2D eigenvalue weighted by Crippen LogP contribution is -2.48. The van der Waals surface area contributed by atoms with Gasteiger partial charge >= 0.3 is 6.03 Å². The molecule has 1 saturated heterocycles. The average molecular weight is 297 g/mol. The van der Waals surface area contributed by atoms with E-state index < -0.39 is 0 Å². The van der Waals surface area contributed by atoms with Gasteiger partial charge in [-0.25, -0.2) is 4.79 Å². The molecule has 1 aromatic rings. The first-order valence-corrected chi connectivity index (χ1v) is 7.91. The number of morpholine rings is 1. The van der Waals surface area contributed by atoms with Crippen molar-refractivity contribution < 1.29 is 9.53 Å². The molecule has 0 saturated carbocycles. The summed E-state index contributed by atoms with van der Waals surface area (Å²) in [5, 5.41) is 7.88. The number of ether oxygens (including phenoxy) is 1. The standard InChI is InChI=1S/C14H23N3O2S/c1-11-3-8-20-13(11)10-16-14(18)15-9-12(2)17-4-6-19-7-5-17/h3,8,12H,4-7,9-10H2,1-2H3,(H2,15,16,18). The number of hydrogen-bond donors (Lipinski definition) is 2. The summed E-state index contributed by atoms with van der Waals surface area (Å²) in [4.78, 5) is 15.3. The van der Waals surface area contributed by atoms with Crippen LogP contribution in [0.1, 0.15) is 17.4 Å². The molecule has 0 aliphatic carbocycles. The summed E-state index contributed by atoms with van der Waals surface area (Å²) in [7, 11) is 0. The van der Waals surface area contributed by atoms with Crippen LogP contribution in [0.25, 0.3) is 0 Å². The lowest BCUT2D eigenvalue weighted by Gasteiger charge is -2.32. The molecule has 2 amide bonds. The zero-order valence-electron chi connectivity index (χ0n) is 12.1. The molecule has 112 valence electrons. The molecular weight excluding hydrogens is 274 g/mol. The van der Waals surface area contributed by atoms with E-state index in [0.717, 1.165) is 26.3 Å². The first kappa shape index (κ1) is 15.3. The number of nitrogens with one attached hydrogen (secondary N) is 2. The van der Waals surface area contributed by atoms with E-state index in [2.05, 4.69) is 35.4 Å². The Morgan fingerprint density at radius 3 is 2.85 bits per heavy atom. The van der Waals surface area contributed by atoms with E-state index in [1.54, 1.807) is 11.3 Å². The number of hydrogen-bond acceptors (Lipinski definition) is 4. The minimum atomic E-state index is -0.0992. The predicted molar refractivity (Wildman–Crippen MR) is 81.1 cm³/mol. The van der Waals surface area contributed by atoms with E-state index >= 15 is 0 Å². The summed E-state index contributed by atoms with van der Waals surface area (Å²) in [5.41, 5.74) is 1.23. The second-order valence-corrected chi connectivity index (χ2v) is 6.09. The molecule has 0 radical (unpaired) electrons. The first-order chi connectivity index (χ1) is 9.66. The molecule has 1 aromatic heterocycles. The molecule has 20 heavy (non-hydrogen) atoms. The minimum absolute atomic E-state index is 0.0992. The second kappa shape index (κ2) is 7.61. The Morgan fingerprint density at radius 2 is 2.20 bits per heavy atom.